The summed E-state index contributed by atoms with van der Waals surface area (Å²) >= 11 is 1.27. The van der Waals surface area contributed by atoms with Crippen LogP contribution in [0.3, 0.4) is 0 Å². The zero-order chi connectivity index (χ0) is 23.2. The van der Waals surface area contributed by atoms with Gasteiger partial charge in [0.25, 0.3) is 11.7 Å². The van der Waals surface area contributed by atoms with Crippen molar-refractivity contribution in [2.24, 2.45) is 5.10 Å². The van der Waals surface area contributed by atoms with Crippen LogP contribution in [0.1, 0.15) is 11.1 Å². The maximum absolute atomic E-state index is 12.3. The molecule has 4 rings (SSSR count). The number of aromatic nitrogens is 3. The molecule has 1 heterocycles. The summed E-state index contributed by atoms with van der Waals surface area (Å²) in [6, 6.07) is 21.9. The van der Waals surface area contributed by atoms with Crippen LogP contribution in [0.2, 0.25) is 0 Å². The Morgan fingerprint density at radius 3 is 2.67 bits per heavy atom. The van der Waals surface area contributed by atoms with Crippen LogP contribution in [0, 0.1) is 6.92 Å². The fraction of sp³-hybridized carbons (Fsp3) is 0.0833. The molecule has 0 saturated carbocycles. The van der Waals surface area contributed by atoms with Crippen LogP contribution in [0.25, 0.3) is 17.1 Å². The van der Waals surface area contributed by atoms with E-state index in [1.165, 1.54) is 36.2 Å². The monoisotopic (exact) mass is 459 g/mol. The average Bonchev–Trinajstić information content (AvgIpc) is 3.25. The van der Waals surface area contributed by atoms with Gasteiger partial charge in [0.2, 0.25) is 0 Å². The van der Waals surface area contributed by atoms with E-state index in [0.29, 0.717) is 10.7 Å². The highest BCUT2D eigenvalue weighted by molar-refractivity contribution is 7.99. The molecular weight excluding hydrogens is 438 g/mol. The van der Waals surface area contributed by atoms with Crippen molar-refractivity contribution in [1.29, 1.82) is 0 Å². The summed E-state index contributed by atoms with van der Waals surface area (Å²) in [5, 5.41) is 32.7. The number of nitrogens with one attached hydrogen (secondary N) is 2. The lowest BCUT2D eigenvalue weighted by Gasteiger charge is -2.07. The molecule has 166 valence electrons. The van der Waals surface area contributed by atoms with Gasteiger partial charge in [-0.1, -0.05) is 53.8 Å². The number of aryl methyl sites for hydroxylation is 1. The minimum Gasteiger partial charge on any atom is -0.870 e. The summed E-state index contributed by atoms with van der Waals surface area (Å²) in [7, 11) is 0. The van der Waals surface area contributed by atoms with Crippen molar-refractivity contribution in [3.63, 3.8) is 0 Å². The van der Waals surface area contributed by atoms with Crippen LogP contribution in [-0.2, 0) is 4.79 Å². The molecule has 0 radical (unpaired) electrons. The predicted octanol–water partition coefficient (Wildman–Crippen LogP) is 2.68. The Morgan fingerprint density at radius 1 is 1.18 bits per heavy atom. The van der Waals surface area contributed by atoms with E-state index in [0.717, 1.165) is 22.6 Å². The minimum absolute atomic E-state index is 0.0903. The number of thioether (sulfide) groups is 1. The third kappa shape index (κ3) is 5.39. The van der Waals surface area contributed by atoms with Crippen molar-refractivity contribution >= 4 is 23.9 Å². The number of hydrogen-bond acceptors (Lipinski definition) is 6. The molecule has 1 amide bonds. The van der Waals surface area contributed by atoms with Crippen molar-refractivity contribution < 1.29 is 19.6 Å². The Labute approximate surface area is 194 Å². The van der Waals surface area contributed by atoms with Crippen molar-refractivity contribution in [3.8, 4) is 28.6 Å². The molecule has 33 heavy (non-hydrogen) atoms. The van der Waals surface area contributed by atoms with Crippen molar-refractivity contribution in [2.75, 3.05) is 5.75 Å². The van der Waals surface area contributed by atoms with Crippen molar-refractivity contribution in [2.45, 2.75) is 12.1 Å². The number of rotatable bonds is 7. The Hall–Kier alpha value is -4.11. The lowest BCUT2D eigenvalue weighted by atomic mass is 10.2. The number of phenols is 1. The van der Waals surface area contributed by atoms with E-state index in [9.17, 15) is 15.0 Å². The molecule has 0 aliphatic rings. The van der Waals surface area contributed by atoms with E-state index in [-0.39, 0.29) is 17.4 Å². The molecule has 0 saturated heterocycles. The lowest BCUT2D eigenvalue weighted by molar-refractivity contribution is -0.625. The molecule has 0 spiro atoms. The largest absolute Gasteiger partial charge is 0.870 e. The number of amides is 1. The number of H-pyrrole nitrogens is 1. The van der Waals surface area contributed by atoms with Crippen LogP contribution >= 0.6 is 11.8 Å². The van der Waals surface area contributed by atoms with Gasteiger partial charge in [0.05, 0.1) is 22.6 Å². The van der Waals surface area contributed by atoms with Gasteiger partial charge in [-0.25, -0.2) is 5.43 Å². The summed E-state index contributed by atoms with van der Waals surface area (Å²) in [5.41, 5.74) is 5.99. The SMILES string of the molecule is Cc1ccc(-[n+]2c(SCC(=O)N/N=C/c3ccc([O-])c(O)c3)n[nH]c2-c2ccccc2)cc1. The number of hydrogen-bond donors (Lipinski definition) is 3. The van der Waals surface area contributed by atoms with E-state index < -0.39 is 5.75 Å². The summed E-state index contributed by atoms with van der Waals surface area (Å²) in [4.78, 5) is 12.3. The molecule has 4 aromatic rings. The van der Waals surface area contributed by atoms with Gasteiger partial charge >= 0.3 is 5.16 Å². The summed E-state index contributed by atoms with van der Waals surface area (Å²) in [6.45, 7) is 2.03. The highest BCUT2D eigenvalue weighted by atomic mass is 32.2. The Bertz CT molecular complexity index is 1290. The van der Waals surface area contributed by atoms with Crippen LogP contribution in [0.4, 0.5) is 0 Å². The summed E-state index contributed by atoms with van der Waals surface area (Å²) in [6.07, 6.45) is 1.36. The molecule has 3 aromatic carbocycles. The quantitative estimate of drug-likeness (QED) is 0.170. The van der Waals surface area contributed by atoms with Crippen LogP contribution in [0.15, 0.2) is 83.1 Å². The predicted molar refractivity (Wildman–Crippen MR) is 124 cm³/mol. The fourth-order valence-corrected chi connectivity index (χ4v) is 3.83. The third-order valence-corrected chi connectivity index (χ3v) is 5.67. The van der Waals surface area contributed by atoms with Gasteiger partial charge in [-0.3, -0.25) is 4.79 Å². The number of benzene rings is 3. The van der Waals surface area contributed by atoms with E-state index in [4.69, 9.17) is 0 Å². The molecule has 0 unspecified atom stereocenters. The second-order valence-corrected chi connectivity index (χ2v) is 8.14. The molecule has 0 aliphatic heterocycles. The number of hydrazone groups is 1. The number of carbonyl (C=O) groups excluding carboxylic acids is 1. The second-order valence-electron chi connectivity index (χ2n) is 7.20. The van der Waals surface area contributed by atoms with Gasteiger partial charge in [-0.2, -0.15) is 9.67 Å². The molecule has 3 N–H and O–H groups in total. The number of nitrogens with zero attached hydrogens (tertiary/aromatic N) is 3. The summed E-state index contributed by atoms with van der Waals surface area (Å²) < 4.78 is 1.98. The van der Waals surface area contributed by atoms with Crippen LogP contribution < -0.4 is 15.1 Å². The maximum atomic E-state index is 12.3. The molecule has 0 atom stereocenters. The Morgan fingerprint density at radius 2 is 1.94 bits per heavy atom. The number of phenolic OH excluding ortho intramolecular Hbond substituents is 1. The smallest absolute Gasteiger partial charge is 0.342 e. The first-order valence-electron chi connectivity index (χ1n) is 10.1. The maximum Gasteiger partial charge on any atom is 0.342 e. The van der Waals surface area contributed by atoms with E-state index in [2.05, 4.69) is 20.7 Å². The molecule has 1 aromatic heterocycles. The van der Waals surface area contributed by atoms with Gasteiger partial charge in [0, 0.05) is 0 Å². The van der Waals surface area contributed by atoms with Gasteiger partial charge < -0.3 is 10.2 Å². The van der Waals surface area contributed by atoms with Crippen molar-refractivity contribution in [3.05, 3.63) is 83.9 Å². The third-order valence-electron chi connectivity index (χ3n) is 4.73. The Balaban J connectivity index is 1.49. The topological polar surface area (TPSA) is 117 Å². The first-order valence-corrected chi connectivity index (χ1v) is 11.1. The zero-order valence-corrected chi connectivity index (χ0v) is 18.5. The second kappa shape index (κ2) is 10.0. The number of aromatic hydroxyl groups is 1. The number of aromatic amines is 1. The van der Waals surface area contributed by atoms with Gasteiger partial charge in [-0.15, -0.1) is 5.10 Å². The standard InChI is InChI=1S/C24H21N5O3S/c1-16-7-10-19(11-8-16)29-23(18-5-3-2-4-6-18)27-28-24(29)33-15-22(32)26-25-14-17-9-12-20(30)21(31)13-17/h2-14H,15H2,1H3,(H3,25,26,30,31,32). The molecule has 0 fully saturated rings. The van der Waals surface area contributed by atoms with Crippen LogP contribution in [0.5, 0.6) is 11.5 Å². The normalized spacial score (nSPS) is 11.1. The number of carbonyl (C=O) groups is 1. The first kappa shape index (κ1) is 22.1. The minimum atomic E-state index is -0.469. The molecule has 9 heteroatoms. The molecule has 0 aliphatic carbocycles. The zero-order valence-electron chi connectivity index (χ0n) is 17.7. The molecule has 0 bridgehead atoms. The van der Waals surface area contributed by atoms with E-state index in [1.807, 2.05) is 66.1 Å². The van der Waals surface area contributed by atoms with E-state index in [1.54, 1.807) is 0 Å². The van der Waals surface area contributed by atoms with E-state index >= 15 is 0 Å². The fourth-order valence-electron chi connectivity index (χ4n) is 3.07. The molecule has 8 nitrogen and oxygen atoms in total. The van der Waals surface area contributed by atoms with Crippen molar-refractivity contribution in [1.82, 2.24) is 15.6 Å². The molecular formula is C24H21N5O3S. The highest BCUT2D eigenvalue weighted by Crippen LogP contribution is 2.22. The average molecular weight is 460 g/mol. The van der Waals surface area contributed by atoms with Gasteiger partial charge in [-0.05, 0) is 54.6 Å². The first-order chi connectivity index (χ1) is 16.0. The van der Waals surface area contributed by atoms with Gasteiger partial charge in [0.15, 0.2) is 0 Å². The Kier molecular flexibility index (Phi) is 6.70. The van der Waals surface area contributed by atoms with Crippen LogP contribution in [-0.4, -0.2) is 33.2 Å². The van der Waals surface area contributed by atoms with Gasteiger partial charge in [0.1, 0.15) is 11.4 Å². The summed E-state index contributed by atoms with van der Waals surface area (Å²) in [5.74, 6) is -0.257. The lowest BCUT2D eigenvalue weighted by Crippen LogP contribution is -2.34. The highest BCUT2D eigenvalue weighted by Gasteiger charge is 2.24.